The fourth-order valence-electron chi connectivity index (χ4n) is 2.82. The average Bonchev–Trinajstić information content (AvgIpc) is 3.11. The van der Waals surface area contributed by atoms with Gasteiger partial charge in [-0.1, -0.05) is 53.7 Å². The van der Waals surface area contributed by atoms with Crippen molar-refractivity contribution in [3.8, 4) is 11.4 Å². The van der Waals surface area contributed by atoms with Gasteiger partial charge in [0.2, 0.25) is 0 Å². The standard InChI is InChI=1S/C20H16ClN5OS/c21-16-7-3-2-6-15(16)19-25-24-18-10-9-14(12-26(18)19)28-17-8-4-1-5-13(17)11-23-20(22)27/h1-10,12H,11H2,(H3,22,23,27). The minimum absolute atomic E-state index is 0.373. The third kappa shape index (κ3) is 3.81. The van der Waals surface area contributed by atoms with Gasteiger partial charge in [0, 0.05) is 28.1 Å². The summed E-state index contributed by atoms with van der Waals surface area (Å²) in [5.74, 6) is 0.687. The Morgan fingerprint density at radius 3 is 2.68 bits per heavy atom. The number of nitrogens with zero attached hydrogens (tertiary/aromatic N) is 3. The maximum atomic E-state index is 11.0. The van der Waals surface area contributed by atoms with E-state index >= 15 is 0 Å². The topological polar surface area (TPSA) is 85.3 Å². The second-order valence-electron chi connectivity index (χ2n) is 6.02. The highest BCUT2D eigenvalue weighted by Gasteiger charge is 2.12. The molecule has 0 fully saturated rings. The van der Waals surface area contributed by atoms with Gasteiger partial charge in [-0.05, 0) is 35.9 Å². The highest BCUT2D eigenvalue weighted by atomic mass is 35.5. The van der Waals surface area contributed by atoms with Crippen LogP contribution in [0.3, 0.4) is 0 Å². The third-order valence-corrected chi connectivity index (χ3v) is 5.57. The predicted octanol–water partition coefficient (Wildman–Crippen LogP) is 4.37. The van der Waals surface area contributed by atoms with E-state index in [1.165, 1.54) is 0 Å². The minimum Gasteiger partial charge on any atom is -0.352 e. The van der Waals surface area contributed by atoms with Crippen LogP contribution < -0.4 is 11.1 Å². The molecule has 2 heterocycles. The van der Waals surface area contributed by atoms with E-state index in [1.807, 2.05) is 71.3 Å². The average molecular weight is 410 g/mol. The molecular formula is C20H16ClN5OS. The van der Waals surface area contributed by atoms with Crippen LogP contribution in [0.4, 0.5) is 4.79 Å². The zero-order valence-electron chi connectivity index (χ0n) is 14.7. The Morgan fingerprint density at radius 1 is 1.07 bits per heavy atom. The number of urea groups is 1. The summed E-state index contributed by atoms with van der Waals surface area (Å²) in [5, 5.41) is 11.8. The number of nitrogens with two attached hydrogens (primary N) is 1. The van der Waals surface area contributed by atoms with Gasteiger partial charge in [0.25, 0.3) is 0 Å². The number of rotatable bonds is 5. The molecule has 2 aromatic heterocycles. The number of carbonyl (C=O) groups excluding carboxylic acids is 1. The van der Waals surface area contributed by atoms with E-state index in [-0.39, 0.29) is 0 Å². The number of hydrogen-bond acceptors (Lipinski definition) is 4. The Kier molecular flexibility index (Phi) is 5.18. The van der Waals surface area contributed by atoms with Gasteiger partial charge in [-0.15, -0.1) is 10.2 Å². The lowest BCUT2D eigenvalue weighted by atomic mass is 10.2. The monoisotopic (exact) mass is 409 g/mol. The molecule has 0 bridgehead atoms. The second kappa shape index (κ2) is 7.92. The molecule has 3 N–H and O–H groups in total. The van der Waals surface area contributed by atoms with Crippen LogP contribution in [0.5, 0.6) is 0 Å². The van der Waals surface area contributed by atoms with E-state index in [4.69, 9.17) is 17.3 Å². The molecule has 0 radical (unpaired) electrons. The molecule has 0 atom stereocenters. The van der Waals surface area contributed by atoms with Crippen LogP contribution in [-0.4, -0.2) is 20.6 Å². The van der Waals surface area contributed by atoms with Crippen LogP contribution in [0.2, 0.25) is 5.02 Å². The summed E-state index contributed by atoms with van der Waals surface area (Å²) in [6.07, 6.45) is 1.98. The van der Waals surface area contributed by atoms with Crippen molar-refractivity contribution in [1.82, 2.24) is 19.9 Å². The van der Waals surface area contributed by atoms with E-state index in [0.717, 1.165) is 26.6 Å². The highest BCUT2D eigenvalue weighted by Crippen LogP contribution is 2.32. The number of nitrogens with one attached hydrogen (secondary N) is 1. The first-order valence-corrected chi connectivity index (χ1v) is 9.70. The van der Waals surface area contributed by atoms with Crippen molar-refractivity contribution >= 4 is 35.0 Å². The van der Waals surface area contributed by atoms with Crippen molar-refractivity contribution in [1.29, 1.82) is 0 Å². The summed E-state index contributed by atoms with van der Waals surface area (Å²) >= 11 is 7.93. The molecule has 8 heteroatoms. The van der Waals surface area contributed by atoms with Crippen LogP contribution in [0.25, 0.3) is 17.0 Å². The molecule has 0 spiro atoms. The normalized spacial score (nSPS) is 10.9. The van der Waals surface area contributed by atoms with Gasteiger partial charge in [0.15, 0.2) is 11.5 Å². The number of fused-ring (bicyclic) bond motifs is 1. The van der Waals surface area contributed by atoms with Crippen LogP contribution >= 0.6 is 23.4 Å². The summed E-state index contributed by atoms with van der Waals surface area (Å²) in [6.45, 7) is 0.373. The summed E-state index contributed by atoms with van der Waals surface area (Å²) in [7, 11) is 0. The van der Waals surface area contributed by atoms with E-state index in [1.54, 1.807) is 11.8 Å². The van der Waals surface area contributed by atoms with Crippen LogP contribution in [0, 0.1) is 0 Å². The van der Waals surface area contributed by atoms with Gasteiger partial charge in [0.1, 0.15) is 0 Å². The molecule has 4 aromatic rings. The Balaban J connectivity index is 1.69. The molecule has 0 aliphatic carbocycles. The van der Waals surface area contributed by atoms with Crippen molar-refractivity contribution in [2.75, 3.05) is 0 Å². The van der Waals surface area contributed by atoms with Crippen molar-refractivity contribution in [3.63, 3.8) is 0 Å². The summed E-state index contributed by atoms with van der Waals surface area (Å²) in [5.41, 5.74) is 7.74. The number of carbonyl (C=O) groups is 1. The lowest BCUT2D eigenvalue weighted by Gasteiger charge is -2.10. The first kappa shape index (κ1) is 18.3. The largest absolute Gasteiger partial charge is 0.352 e. The Labute approximate surface area is 170 Å². The number of amides is 2. The van der Waals surface area contributed by atoms with E-state index in [0.29, 0.717) is 17.4 Å². The summed E-state index contributed by atoms with van der Waals surface area (Å²) in [6, 6.07) is 18.8. The molecule has 0 saturated carbocycles. The molecule has 0 aliphatic rings. The van der Waals surface area contributed by atoms with E-state index in [2.05, 4.69) is 15.5 Å². The van der Waals surface area contributed by atoms with Crippen molar-refractivity contribution in [3.05, 3.63) is 77.4 Å². The lowest BCUT2D eigenvalue weighted by Crippen LogP contribution is -2.28. The number of benzene rings is 2. The first-order valence-electron chi connectivity index (χ1n) is 8.50. The van der Waals surface area contributed by atoms with Gasteiger partial charge in [-0.2, -0.15) is 0 Å². The third-order valence-electron chi connectivity index (χ3n) is 4.14. The molecule has 2 aromatic carbocycles. The highest BCUT2D eigenvalue weighted by molar-refractivity contribution is 7.99. The molecule has 0 unspecified atom stereocenters. The van der Waals surface area contributed by atoms with Crippen LogP contribution in [0.1, 0.15) is 5.56 Å². The Bertz CT molecular complexity index is 1160. The van der Waals surface area contributed by atoms with Crippen LogP contribution in [-0.2, 0) is 6.54 Å². The van der Waals surface area contributed by atoms with Crippen molar-refractivity contribution < 1.29 is 4.79 Å². The molecule has 140 valence electrons. The molecule has 2 amide bonds. The number of hydrogen-bond donors (Lipinski definition) is 2. The van der Waals surface area contributed by atoms with E-state index < -0.39 is 6.03 Å². The summed E-state index contributed by atoms with van der Waals surface area (Å²) in [4.78, 5) is 13.1. The molecule has 28 heavy (non-hydrogen) atoms. The Hall–Kier alpha value is -3.03. The maximum Gasteiger partial charge on any atom is 0.312 e. The smallest absolute Gasteiger partial charge is 0.312 e. The Morgan fingerprint density at radius 2 is 1.86 bits per heavy atom. The van der Waals surface area contributed by atoms with Crippen LogP contribution in [0.15, 0.2) is 76.7 Å². The SMILES string of the molecule is NC(=O)NCc1ccccc1Sc1ccc2nnc(-c3ccccc3Cl)n2c1. The number of aromatic nitrogens is 3. The van der Waals surface area contributed by atoms with Gasteiger partial charge < -0.3 is 11.1 Å². The zero-order chi connectivity index (χ0) is 19.5. The molecular weight excluding hydrogens is 394 g/mol. The zero-order valence-corrected chi connectivity index (χ0v) is 16.2. The van der Waals surface area contributed by atoms with E-state index in [9.17, 15) is 4.79 Å². The predicted molar refractivity (Wildman–Crippen MR) is 110 cm³/mol. The summed E-state index contributed by atoms with van der Waals surface area (Å²) < 4.78 is 1.92. The van der Waals surface area contributed by atoms with Gasteiger partial charge in [0.05, 0.1) is 5.02 Å². The number of pyridine rings is 1. The van der Waals surface area contributed by atoms with Gasteiger partial charge in [-0.3, -0.25) is 4.40 Å². The maximum absolute atomic E-state index is 11.0. The van der Waals surface area contributed by atoms with Crippen molar-refractivity contribution in [2.24, 2.45) is 5.73 Å². The first-order chi connectivity index (χ1) is 13.6. The van der Waals surface area contributed by atoms with Crippen molar-refractivity contribution in [2.45, 2.75) is 16.3 Å². The molecule has 0 aliphatic heterocycles. The molecule has 6 nitrogen and oxygen atoms in total. The number of primary amides is 1. The van der Waals surface area contributed by atoms with Gasteiger partial charge in [-0.25, -0.2) is 4.79 Å². The van der Waals surface area contributed by atoms with Gasteiger partial charge >= 0.3 is 6.03 Å². The lowest BCUT2D eigenvalue weighted by molar-refractivity contribution is 0.248. The fraction of sp³-hybridized carbons (Fsp3) is 0.0500. The number of halogens is 1. The molecule has 0 saturated heterocycles. The quantitative estimate of drug-likeness (QED) is 0.512. The second-order valence-corrected chi connectivity index (χ2v) is 7.55. The minimum atomic E-state index is -0.546. The molecule has 4 rings (SSSR count). The fourth-order valence-corrected chi connectivity index (χ4v) is 4.00.